The van der Waals surface area contributed by atoms with E-state index >= 15 is 0 Å². The van der Waals surface area contributed by atoms with Crippen molar-refractivity contribution in [3.8, 4) is 0 Å². The van der Waals surface area contributed by atoms with Crippen LogP contribution in [-0.4, -0.2) is 107 Å². The predicted molar refractivity (Wildman–Crippen MR) is 140 cm³/mol. The SMILES string of the molecule is C1N2CN3CN1CP(C2)C3.C1N2CN3CN1CP(C2)C3.C[C]1[C](C)[C](C)[C](C)[C]1C.[Cl][Ir+][Cl]. The summed E-state index contributed by atoms with van der Waals surface area (Å²) in [5, 5.41) is 0. The summed E-state index contributed by atoms with van der Waals surface area (Å²) in [5.74, 6) is 7.34. The fourth-order valence-electron chi connectivity index (χ4n) is 5.87. The summed E-state index contributed by atoms with van der Waals surface area (Å²) in [5.41, 5.74) is 0. The molecule has 5 radical (unpaired) electrons. The van der Waals surface area contributed by atoms with Gasteiger partial charge >= 0.3 is 34.8 Å². The van der Waals surface area contributed by atoms with Gasteiger partial charge in [-0.1, -0.05) is 50.5 Å². The van der Waals surface area contributed by atoms with Crippen LogP contribution < -0.4 is 0 Å². The van der Waals surface area contributed by atoms with Gasteiger partial charge in [0.05, 0.1) is 40.0 Å². The molecule has 8 heterocycles. The van der Waals surface area contributed by atoms with Gasteiger partial charge in [0.2, 0.25) is 0 Å². The van der Waals surface area contributed by atoms with Crippen LogP contribution in [0, 0.1) is 29.6 Å². The first-order valence-electron chi connectivity index (χ1n) is 11.6. The van der Waals surface area contributed by atoms with Gasteiger partial charge in [-0.3, -0.25) is 29.4 Å². The summed E-state index contributed by atoms with van der Waals surface area (Å²) in [6.45, 7) is 18.5. The Bertz CT molecular complexity index is 444. The predicted octanol–water partition coefficient (Wildman–Crippen LogP) is 4.67. The molecule has 8 aliphatic heterocycles. The van der Waals surface area contributed by atoms with Crippen molar-refractivity contribution in [1.82, 2.24) is 29.4 Å². The van der Waals surface area contributed by atoms with Gasteiger partial charge in [-0.05, 0) is 29.6 Å². The fraction of sp³-hybridized carbons (Fsp3) is 0.773. The molecule has 9 fully saturated rings. The summed E-state index contributed by atoms with van der Waals surface area (Å²) in [7, 11) is 10.5. The Balaban J connectivity index is 0.000000111. The maximum atomic E-state index is 4.89. The minimum absolute atomic E-state index is 0.366. The molecule has 189 valence electrons. The van der Waals surface area contributed by atoms with E-state index in [9.17, 15) is 0 Å². The first-order chi connectivity index (χ1) is 15.8. The zero-order valence-corrected chi connectivity index (χ0v) is 26.3. The van der Waals surface area contributed by atoms with Crippen molar-refractivity contribution >= 4 is 35.0 Å². The first-order valence-corrected chi connectivity index (χ1v) is 21.3. The van der Waals surface area contributed by atoms with E-state index < -0.39 is 15.7 Å². The zero-order valence-electron chi connectivity index (χ0n) is 20.7. The molecule has 0 aromatic carbocycles. The van der Waals surface area contributed by atoms with E-state index in [2.05, 4.69) is 64.0 Å². The summed E-state index contributed by atoms with van der Waals surface area (Å²) in [4.78, 5) is 15.4. The maximum absolute atomic E-state index is 4.89. The normalized spacial score (nSPS) is 44.2. The van der Waals surface area contributed by atoms with E-state index in [1.807, 2.05) is 0 Å². The van der Waals surface area contributed by atoms with Crippen LogP contribution in [0.4, 0.5) is 0 Å². The summed E-state index contributed by atoms with van der Waals surface area (Å²) in [6.07, 6.45) is 8.51. The summed E-state index contributed by atoms with van der Waals surface area (Å²) in [6, 6.07) is 0. The van der Waals surface area contributed by atoms with Crippen LogP contribution in [0.2, 0.25) is 0 Å². The third kappa shape index (κ3) is 7.04. The Hall–Kier alpha value is 1.85. The quantitative estimate of drug-likeness (QED) is 0.338. The molecular weight excluding hydrogens is 673 g/mol. The second-order valence-corrected chi connectivity index (χ2v) is 18.1. The van der Waals surface area contributed by atoms with Crippen molar-refractivity contribution in [2.45, 2.75) is 34.6 Å². The molecule has 0 spiro atoms. The zero-order chi connectivity index (χ0) is 23.7. The van der Waals surface area contributed by atoms with Crippen molar-refractivity contribution in [3.63, 3.8) is 0 Å². The van der Waals surface area contributed by atoms with E-state index in [1.54, 1.807) is 0 Å². The molecule has 11 heteroatoms. The molecule has 1 aliphatic carbocycles. The van der Waals surface area contributed by atoms with Gasteiger partial charge in [0.25, 0.3) is 0 Å². The van der Waals surface area contributed by atoms with Crippen LogP contribution in [0.25, 0.3) is 0 Å². The standard InChI is InChI=1S/C10H15.2C6H12N3P.2ClH.Ir/c1-6-7(2)9(4)10(5)8(6)3;2*1-7-2-9-3-8(1)5-10(4-7)6-9;;;/h1-5H3;2*1-6H2;2*1H;/q;;;;;+3/p-2. The van der Waals surface area contributed by atoms with Crippen LogP contribution in [0.15, 0.2) is 0 Å². The number of halogens is 2. The number of hydrogen-bond donors (Lipinski definition) is 0. The molecule has 0 N–H and O–H groups in total. The minimum atomic E-state index is -0.556. The Kier molecular flexibility index (Phi) is 10.6. The molecule has 0 amide bonds. The average Bonchev–Trinajstić information content (AvgIpc) is 2.91. The van der Waals surface area contributed by atoms with Crippen molar-refractivity contribution < 1.29 is 15.7 Å². The Morgan fingerprint density at radius 3 is 0.727 bits per heavy atom. The fourth-order valence-corrected chi connectivity index (χ4v) is 10.9. The first kappa shape index (κ1) is 27.9. The van der Waals surface area contributed by atoms with Gasteiger partial charge in [-0.25, -0.2) is 0 Å². The van der Waals surface area contributed by atoms with Crippen molar-refractivity contribution in [2.24, 2.45) is 0 Å². The molecule has 33 heavy (non-hydrogen) atoms. The molecule has 9 aliphatic rings. The van der Waals surface area contributed by atoms with Crippen LogP contribution >= 0.6 is 35.0 Å². The molecule has 1 saturated carbocycles. The van der Waals surface area contributed by atoms with E-state index in [0.29, 0.717) is 15.8 Å². The third-order valence-electron chi connectivity index (χ3n) is 7.61. The number of nitrogens with zero attached hydrogens (tertiary/aromatic N) is 6. The molecule has 8 bridgehead atoms. The molecule has 0 aromatic rings. The van der Waals surface area contributed by atoms with Gasteiger partial charge in [0.1, 0.15) is 0 Å². The van der Waals surface area contributed by atoms with E-state index in [1.165, 1.54) is 107 Å². The summed E-state index contributed by atoms with van der Waals surface area (Å²) < 4.78 is 0. The van der Waals surface area contributed by atoms with Crippen LogP contribution in [0.1, 0.15) is 34.6 Å². The van der Waals surface area contributed by atoms with Gasteiger partial charge in [-0.15, -0.1) is 0 Å². The van der Waals surface area contributed by atoms with Crippen molar-refractivity contribution in [3.05, 3.63) is 29.6 Å². The van der Waals surface area contributed by atoms with Gasteiger partial charge in [-0.2, -0.15) is 0 Å². The second-order valence-electron chi connectivity index (χ2n) is 10.2. The van der Waals surface area contributed by atoms with E-state index in [-0.39, 0.29) is 0 Å². The Morgan fingerprint density at radius 2 is 0.606 bits per heavy atom. The van der Waals surface area contributed by atoms with Gasteiger partial charge in [0, 0.05) is 37.7 Å². The molecular formula is C22H39Cl2IrN6P2+. The van der Waals surface area contributed by atoms with Gasteiger partial charge < -0.3 is 0 Å². The van der Waals surface area contributed by atoms with Crippen LogP contribution in [0.3, 0.4) is 0 Å². The Morgan fingerprint density at radius 1 is 0.455 bits per heavy atom. The number of rotatable bonds is 0. The second kappa shape index (κ2) is 12.6. The molecule has 0 unspecified atom stereocenters. The molecule has 9 rings (SSSR count). The topological polar surface area (TPSA) is 19.4 Å². The van der Waals surface area contributed by atoms with Gasteiger partial charge in [0.15, 0.2) is 0 Å². The van der Waals surface area contributed by atoms with E-state index in [4.69, 9.17) is 19.2 Å². The number of hydrogen-bond acceptors (Lipinski definition) is 6. The monoisotopic (exact) mass is 712 g/mol. The average molecular weight is 713 g/mol. The van der Waals surface area contributed by atoms with Crippen LogP contribution in [0.5, 0.6) is 0 Å². The van der Waals surface area contributed by atoms with Crippen molar-refractivity contribution in [1.29, 1.82) is 0 Å². The van der Waals surface area contributed by atoms with Crippen LogP contribution in [-0.2, 0) is 15.7 Å². The molecule has 6 nitrogen and oxygen atoms in total. The molecule has 0 atom stereocenters. The summed E-state index contributed by atoms with van der Waals surface area (Å²) >= 11 is -0.556. The molecule has 0 aromatic heterocycles. The Labute approximate surface area is 221 Å². The third-order valence-corrected chi connectivity index (χ3v) is 12.4. The van der Waals surface area contributed by atoms with Crippen molar-refractivity contribution in [2.75, 3.05) is 77.7 Å². The van der Waals surface area contributed by atoms with E-state index in [0.717, 1.165) is 0 Å². The molecule has 8 saturated heterocycles.